The SMILES string of the molecule is ClC1CCCCC1.[SiH4]. The molecule has 1 fully saturated rings. The largest absolute Gasteiger partial charge is 0.123 e. The van der Waals surface area contributed by atoms with Crippen LogP contribution in [0.15, 0.2) is 0 Å². The first-order valence-corrected chi connectivity index (χ1v) is 3.47. The molecule has 0 aromatic carbocycles. The van der Waals surface area contributed by atoms with Gasteiger partial charge in [-0.15, -0.1) is 11.6 Å². The highest BCUT2D eigenvalue weighted by molar-refractivity contribution is 6.20. The Morgan fingerprint density at radius 2 is 1.50 bits per heavy atom. The van der Waals surface area contributed by atoms with E-state index in [-0.39, 0.29) is 11.0 Å². The lowest BCUT2D eigenvalue weighted by Crippen LogP contribution is -2.03. The molecule has 1 saturated carbocycles. The average molecular weight is 151 g/mol. The minimum atomic E-state index is 0. The molecule has 0 atom stereocenters. The Morgan fingerprint density at radius 3 is 1.75 bits per heavy atom. The van der Waals surface area contributed by atoms with Crippen molar-refractivity contribution in [2.75, 3.05) is 0 Å². The van der Waals surface area contributed by atoms with E-state index in [0.29, 0.717) is 5.38 Å². The van der Waals surface area contributed by atoms with Crippen molar-refractivity contribution in [1.82, 2.24) is 0 Å². The molecule has 8 heavy (non-hydrogen) atoms. The molecular formula is C6H15ClSi. The molecule has 1 aliphatic carbocycles. The Bertz CT molecular complexity index is 50.5. The van der Waals surface area contributed by atoms with Crippen LogP contribution in [0.4, 0.5) is 0 Å². The predicted molar refractivity (Wildman–Crippen MR) is 44.1 cm³/mol. The second-order valence-electron chi connectivity index (χ2n) is 2.24. The summed E-state index contributed by atoms with van der Waals surface area (Å²) in [5, 5.41) is 0.508. The van der Waals surface area contributed by atoms with Gasteiger partial charge in [-0.25, -0.2) is 0 Å². The number of alkyl halides is 1. The molecular weight excluding hydrogens is 136 g/mol. The third-order valence-electron chi connectivity index (χ3n) is 1.53. The van der Waals surface area contributed by atoms with Crippen molar-refractivity contribution in [2.24, 2.45) is 0 Å². The molecule has 0 aromatic rings. The Balaban J connectivity index is 0.000000490. The van der Waals surface area contributed by atoms with E-state index in [0.717, 1.165) is 0 Å². The van der Waals surface area contributed by atoms with Gasteiger partial charge in [-0.2, -0.15) is 0 Å². The van der Waals surface area contributed by atoms with Crippen LogP contribution >= 0.6 is 11.6 Å². The summed E-state index contributed by atoms with van der Waals surface area (Å²) in [6, 6.07) is 0. The van der Waals surface area contributed by atoms with Crippen molar-refractivity contribution in [3.63, 3.8) is 0 Å². The Kier molecular flexibility index (Phi) is 4.67. The van der Waals surface area contributed by atoms with Gasteiger partial charge in [0.2, 0.25) is 0 Å². The van der Waals surface area contributed by atoms with Crippen LogP contribution in [-0.2, 0) is 0 Å². The van der Waals surface area contributed by atoms with Crippen LogP contribution in [0.1, 0.15) is 32.1 Å². The monoisotopic (exact) mass is 150 g/mol. The normalized spacial score (nSPS) is 22.1. The Morgan fingerprint density at radius 1 is 1.00 bits per heavy atom. The molecule has 2 heteroatoms. The summed E-state index contributed by atoms with van der Waals surface area (Å²) in [7, 11) is 0. The molecule has 0 unspecified atom stereocenters. The standard InChI is InChI=1S/C6H11Cl.H4Si/c7-6-4-2-1-3-5-6;/h6H,1-5H2;1H4. The van der Waals surface area contributed by atoms with Crippen molar-refractivity contribution in [1.29, 1.82) is 0 Å². The van der Waals surface area contributed by atoms with Gasteiger partial charge in [0.1, 0.15) is 0 Å². The van der Waals surface area contributed by atoms with Gasteiger partial charge in [0, 0.05) is 5.38 Å². The molecule has 0 amide bonds. The second-order valence-corrected chi connectivity index (χ2v) is 2.85. The van der Waals surface area contributed by atoms with Gasteiger partial charge in [0.05, 0.1) is 0 Å². The fourth-order valence-electron chi connectivity index (χ4n) is 1.05. The summed E-state index contributed by atoms with van der Waals surface area (Å²) >= 11 is 5.82. The molecule has 0 aromatic heterocycles. The molecule has 0 spiro atoms. The summed E-state index contributed by atoms with van der Waals surface area (Å²) in [5.74, 6) is 0. The van der Waals surface area contributed by atoms with Crippen molar-refractivity contribution in [3.8, 4) is 0 Å². The number of halogens is 1. The molecule has 0 nitrogen and oxygen atoms in total. The highest BCUT2D eigenvalue weighted by Gasteiger charge is 2.08. The maximum absolute atomic E-state index is 5.82. The highest BCUT2D eigenvalue weighted by Crippen LogP contribution is 2.21. The number of hydrogen-bond donors (Lipinski definition) is 0. The number of hydrogen-bond acceptors (Lipinski definition) is 0. The van der Waals surface area contributed by atoms with E-state index < -0.39 is 0 Å². The third kappa shape index (κ3) is 2.73. The van der Waals surface area contributed by atoms with E-state index in [1.54, 1.807) is 0 Å². The molecule has 0 bridgehead atoms. The van der Waals surface area contributed by atoms with Crippen LogP contribution in [0.25, 0.3) is 0 Å². The van der Waals surface area contributed by atoms with E-state index in [1.165, 1.54) is 32.1 Å². The van der Waals surface area contributed by atoms with Crippen molar-refractivity contribution in [3.05, 3.63) is 0 Å². The molecule has 1 rings (SSSR count). The smallest absolute Gasteiger partial charge is 0.0336 e. The van der Waals surface area contributed by atoms with Gasteiger partial charge in [-0.1, -0.05) is 19.3 Å². The van der Waals surface area contributed by atoms with Gasteiger partial charge >= 0.3 is 0 Å². The summed E-state index contributed by atoms with van der Waals surface area (Å²) in [6.45, 7) is 0. The summed E-state index contributed by atoms with van der Waals surface area (Å²) in [6.07, 6.45) is 6.62. The van der Waals surface area contributed by atoms with Crippen molar-refractivity contribution < 1.29 is 0 Å². The first-order chi connectivity index (χ1) is 3.39. The fraction of sp³-hybridized carbons (Fsp3) is 1.00. The lowest BCUT2D eigenvalue weighted by atomic mass is 10.0. The van der Waals surface area contributed by atoms with Crippen LogP contribution in [0.3, 0.4) is 0 Å². The van der Waals surface area contributed by atoms with Gasteiger partial charge in [-0.05, 0) is 23.8 Å². The Labute approximate surface area is 60.6 Å². The first kappa shape index (κ1) is 8.51. The Hall–Kier alpha value is 0.507. The zero-order valence-electron chi connectivity index (χ0n) is 4.49. The zero-order valence-corrected chi connectivity index (χ0v) is 5.25. The van der Waals surface area contributed by atoms with Crippen LogP contribution in [-0.4, -0.2) is 16.3 Å². The molecule has 50 valence electrons. The van der Waals surface area contributed by atoms with E-state index >= 15 is 0 Å². The van der Waals surface area contributed by atoms with Gasteiger partial charge in [0.15, 0.2) is 0 Å². The van der Waals surface area contributed by atoms with Gasteiger partial charge < -0.3 is 0 Å². The minimum Gasteiger partial charge on any atom is -0.123 e. The zero-order chi connectivity index (χ0) is 5.11. The molecule has 0 saturated heterocycles. The molecule has 0 N–H and O–H groups in total. The maximum atomic E-state index is 5.82. The summed E-state index contributed by atoms with van der Waals surface area (Å²) < 4.78 is 0. The summed E-state index contributed by atoms with van der Waals surface area (Å²) in [4.78, 5) is 0. The van der Waals surface area contributed by atoms with Gasteiger partial charge in [-0.3, -0.25) is 0 Å². The van der Waals surface area contributed by atoms with Crippen molar-refractivity contribution >= 4 is 22.6 Å². The second kappa shape index (κ2) is 4.39. The average Bonchev–Trinajstić information content (AvgIpc) is 1.69. The lowest BCUT2D eigenvalue weighted by molar-refractivity contribution is 0.511. The van der Waals surface area contributed by atoms with E-state index in [4.69, 9.17) is 11.6 Å². The minimum absolute atomic E-state index is 0. The predicted octanol–water partition coefficient (Wildman–Crippen LogP) is 1.11. The van der Waals surface area contributed by atoms with Gasteiger partial charge in [0.25, 0.3) is 0 Å². The quantitative estimate of drug-likeness (QED) is 0.359. The molecule has 0 radical (unpaired) electrons. The van der Waals surface area contributed by atoms with Crippen LogP contribution in [0.2, 0.25) is 0 Å². The molecule has 1 aliphatic rings. The van der Waals surface area contributed by atoms with Crippen molar-refractivity contribution in [2.45, 2.75) is 37.5 Å². The molecule has 0 aliphatic heterocycles. The maximum Gasteiger partial charge on any atom is 0.0336 e. The topological polar surface area (TPSA) is 0 Å². The van der Waals surface area contributed by atoms with E-state index in [1.807, 2.05) is 0 Å². The summed E-state index contributed by atoms with van der Waals surface area (Å²) in [5.41, 5.74) is 0. The van der Waals surface area contributed by atoms with E-state index in [2.05, 4.69) is 0 Å². The number of rotatable bonds is 0. The lowest BCUT2D eigenvalue weighted by Gasteiger charge is -2.13. The van der Waals surface area contributed by atoms with E-state index in [9.17, 15) is 0 Å². The van der Waals surface area contributed by atoms with Crippen LogP contribution in [0, 0.1) is 0 Å². The highest BCUT2D eigenvalue weighted by atomic mass is 35.5. The van der Waals surface area contributed by atoms with Crippen LogP contribution < -0.4 is 0 Å². The molecule has 0 heterocycles. The third-order valence-corrected chi connectivity index (χ3v) is 1.97. The first-order valence-electron chi connectivity index (χ1n) is 3.03. The fourth-order valence-corrected chi connectivity index (χ4v) is 1.36. The van der Waals surface area contributed by atoms with Crippen LogP contribution in [0.5, 0.6) is 0 Å².